The molecule has 2 heterocycles. The van der Waals surface area contributed by atoms with Crippen molar-refractivity contribution in [2.45, 2.75) is 6.61 Å². The summed E-state index contributed by atoms with van der Waals surface area (Å²) in [6.07, 6.45) is 5.09. The summed E-state index contributed by atoms with van der Waals surface area (Å²) in [5.41, 5.74) is 2.41. The molecule has 1 saturated heterocycles. The van der Waals surface area contributed by atoms with Gasteiger partial charge < -0.3 is 4.74 Å². The van der Waals surface area contributed by atoms with Gasteiger partial charge in [-0.3, -0.25) is 9.69 Å². The number of benzene rings is 2. The Bertz CT molecular complexity index is 1230. The number of amides is 1. The Kier molecular flexibility index (Phi) is 7.50. The van der Waals surface area contributed by atoms with E-state index in [4.69, 9.17) is 27.9 Å². The molecule has 0 bridgehead atoms. The van der Waals surface area contributed by atoms with Gasteiger partial charge in [0, 0.05) is 17.8 Å². The number of aromatic nitrogens is 1. The zero-order valence-corrected chi connectivity index (χ0v) is 19.8. The number of pyridine rings is 1. The van der Waals surface area contributed by atoms with Crippen LogP contribution >= 0.6 is 35.0 Å². The van der Waals surface area contributed by atoms with Gasteiger partial charge in [-0.15, -0.1) is 6.58 Å². The molecule has 1 amide bonds. The molecule has 1 aromatic heterocycles. The van der Waals surface area contributed by atoms with Gasteiger partial charge in [-0.1, -0.05) is 53.5 Å². The Morgan fingerprint density at radius 2 is 1.85 bits per heavy atom. The van der Waals surface area contributed by atoms with Crippen LogP contribution in [0.3, 0.4) is 0 Å². The molecule has 3 aromatic rings. The number of nitrogens with zero attached hydrogens (tertiary/aromatic N) is 3. The molecule has 1 aliphatic heterocycles. The number of ether oxygens (including phenoxy) is 1. The highest BCUT2D eigenvalue weighted by Gasteiger charge is 2.32. The fraction of sp³-hybridized carbons (Fsp3) is 0.0800. The minimum Gasteiger partial charge on any atom is -0.489 e. The van der Waals surface area contributed by atoms with E-state index in [-0.39, 0.29) is 11.1 Å². The third kappa shape index (κ3) is 5.85. The SMILES string of the molecule is C=CCN1C(=O)/C(=C/c2ccc(OCc3ccc(Cl)cc3)cc2)SC1=Nc1cccnc1Cl. The van der Waals surface area contributed by atoms with Gasteiger partial charge in [0.25, 0.3) is 5.91 Å². The summed E-state index contributed by atoms with van der Waals surface area (Å²) in [5, 5.41) is 1.51. The molecule has 166 valence electrons. The quantitative estimate of drug-likeness (QED) is 0.206. The number of carbonyl (C=O) groups is 1. The minimum absolute atomic E-state index is 0.137. The van der Waals surface area contributed by atoms with Crippen molar-refractivity contribution in [2.75, 3.05) is 6.54 Å². The van der Waals surface area contributed by atoms with Gasteiger partial charge in [0.1, 0.15) is 18.0 Å². The van der Waals surface area contributed by atoms with E-state index in [0.29, 0.717) is 33.9 Å². The van der Waals surface area contributed by atoms with Crippen molar-refractivity contribution >= 4 is 57.8 Å². The monoisotopic (exact) mass is 495 g/mol. The molecule has 0 spiro atoms. The van der Waals surface area contributed by atoms with Crippen LogP contribution in [0, 0.1) is 0 Å². The second kappa shape index (κ2) is 10.7. The molecule has 1 aliphatic rings. The smallest absolute Gasteiger partial charge is 0.267 e. The van der Waals surface area contributed by atoms with Gasteiger partial charge in [-0.2, -0.15) is 0 Å². The topological polar surface area (TPSA) is 54.8 Å². The molecule has 4 rings (SSSR count). The maximum Gasteiger partial charge on any atom is 0.267 e. The van der Waals surface area contributed by atoms with E-state index in [2.05, 4.69) is 16.6 Å². The van der Waals surface area contributed by atoms with Crippen LogP contribution < -0.4 is 4.74 Å². The molecule has 0 N–H and O–H groups in total. The summed E-state index contributed by atoms with van der Waals surface area (Å²) in [5.74, 6) is 0.598. The van der Waals surface area contributed by atoms with Crippen molar-refractivity contribution in [1.82, 2.24) is 9.88 Å². The minimum atomic E-state index is -0.137. The number of rotatable bonds is 7. The molecule has 0 unspecified atom stereocenters. The van der Waals surface area contributed by atoms with Crippen LogP contribution in [-0.4, -0.2) is 27.5 Å². The van der Waals surface area contributed by atoms with Gasteiger partial charge in [0.05, 0.1) is 4.91 Å². The summed E-state index contributed by atoms with van der Waals surface area (Å²) in [4.78, 5) is 23.7. The average molecular weight is 496 g/mol. The maximum absolute atomic E-state index is 13.0. The van der Waals surface area contributed by atoms with E-state index in [1.165, 1.54) is 11.8 Å². The lowest BCUT2D eigenvalue weighted by Crippen LogP contribution is -2.29. The van der Waals surface area contributed by atoms with E-state index < -0.39 is 0 Å². The van der Waals surface area contributed by atoms with Gasteiger partial charge >= 0.3 is 0 Å². The number of hydrogen-bond acceptors (Lipinski definition) is 5. The molecule has 0 saturated carbocycles. The van der Waals surface area contributed by atoms with Crippen LogP contribution in [0.15, 0.2) is 89.4 Å². The number of hydrogen-bond donors (Lipinski definition) is 0. The largest absolute Gasteiger partial charge is 0.489 e. The van der Waals surface area contributed by atoms with Crippen LogP contribution in [0.25, 0.3) is 6.08 Å². The first-order valence-electron chi connectivity index (χ1n) is 10.0. The standard InChI is InChI=1S/C25H19Cl2N3O2S/c1-2-14-30-24(31)22(33-25(30)29-21-4-3-13-28-23(21)27)15-17-7-11-20(12-8-17)32-16-18-5-9-19(26)10-6-18/h2-13,15H,1,14,16H2/b22-15-,29-25?. The first-order chi connectivity index (χ1) is 16.0. The van der Waals surface area contributed by atoms with Crippen LogP contribution in [0.2, 0.25) is 10.2 Å². The van der Waals surface area contributed by atoms with E-state index >= 15 is 0 Å². The Balaban J connectivity index is 1.49. The number of carbonyl (C=O) groups excluding carboxylic acids is 1. The van der Waals surface area contributed by atoms with E-state index in [1.807, 2.05) is 54.6 Å². The molecule has 2 aromatic carbocycles. The second-order valence-corrected chi connectivity index (χ2v) is 8.81. The van der Waals surface area contributed by atoms with Crippen LogP contribution in [-0.2, 0) is 11.4 Å². The van der Waals surface area contributed by atoms with Gasteiger partial charge in [-0.25, -0.2) is 9.98 Å². The molecule has 33 heavy (non-hydrogen) atoms. The van der Waals surface area contributed by atoms with Crippen molar-refractivity contribution in [1.29, 1.82) is 0 Å². The number of aliphatic imine (C=N–C) groups is 1. The molecule has 5 nitrogen and oxygen atoms in total. The number of amidine groups is 1. The third-order valence-electron chi connectivity index (χ3n) is 4.65. The molecular weight excluding hydrogens is 477 g/mol. The summed E-state index contributed by atoms with van der Waals surface area (Å²) in [6.45, 7) is 4.53. The van der Waals surface area contributed by atoms with Crippen molar-refractivity contribution in [3.63, 3.8) is 0 Å². The van der Waals surface area contributed by atoms with Gasteiger partial charge in [-0.05, 0) is 65.4 Å². The molecule has 0 radical (unpaired) electrons. The molecule has 8 heteroatoms. The van der Waals surface area contributed by atoms with E-state index in [9.17, 15) is 4.79 Å². The zero-order chi connectivity index (χ0) is 23.2. The highest BCUT2D eigenvalue weighted by atomic mass is 35.5. The lowest BCUT2D eigenvalue weighted by molar-refractivity contribution is -0.121. The van der Waals surface area contributed by atoms with Crippen molar-refractivity contribution in [2.24, 2.45) is 4.99 Å². The maximum atomic E-state index is 13.0. The first-order valence-corrected chi connectivity index (χ1v) is 11.6. The van der Waals surface area contributed by atoms with E-state index in [0.717, 1.165) is 16.9 Å². The summed E-state index contributed by atoms with van der Waals surface area (Å²) < 4.78 is 5.83. The van der Waals surface area contributed by atoms with Crippen LogP contribution in [0.5, 0.6) is 5.75 Å². The predicted octanol–water partition coefficient (Wildman–Crippen LogP) is 6.76. The first kappa shape index (κ1) is 23.1. The summed E-state index contributed by atoms with van der Waals surface area (Å²) in [7, 11) is 0. The summed E-state index contributed by atoms with van der Waals surface area (Å²) >= 11 is 13.3. The predicted molar refractivity (Wildman–Crippen MR) is 136 cm³/mol. The zero-order valence-electron chi connectivity index (χ0n) is 17.4. The lowest BCUT2D eigenvalue weighted by Gasteiger charge is -2.12. The van der Waals surface area contributed by atoms with Crippen molar-refractivity contribution < 1.29 is 9.53 Å². The number of thioether (sulfide) groups is 1. The Hall–Kier alpha value is -3.06. The molecule has 0 aliphatic carbocycles. The molecule has 0 atom stereocenters. The number of halogens is 2. The van der Waals surface area contributed by atoms with Crippen LogP contribution in [0.1, 0.15) is 11.1 Å². The van der Waals surface area contributed by atoms with Crippen molar-refractivity contribution in [3.05, 3.63) is 106 Å². The normalized spacial score (nSPS) is 15.9. The molecule has 1 fully saturated rings. The third-order valence-corrected chi connectivity index (χ3v) is 6.20. The Morgan fingerprint density at radius 3 is 2.55 bits per heavy atom. The van der Waals surface area contributed by atoms with Crippen molar-refractivity contribution in [3.8, 4) is 5.75 Å². The van der Waals surface area contributed by atoms with Gasteiger partial charge in [0.2, 0.25) is 0 Å². The Morgan fingerprint density at radius 1 is 1.09 bits per heavy atom. The Labute approximate surface area is 206 Å². The highest BCUT2D eigenvalue weighted by molar-refractivity contribution is 8.18. The van der Waals surface area contributed by atoms with E-state index in [1.54, 1.807) is 29.3 Å². The highest BCUT2D eigenvalue weighted by Crippen LogP contribution is 2.35. The van der Waals surface area contributed by atoms with Crippen LogP contribution in [0.4, 0.5) is 5.69 Å². The van der Waals surface area contributed by atoms with Gasteiger partial charge in [0.15, 0.2) is 10.3 Å². The fourth-order valence-corrected chi connectivity index (χ4v) is 4.29. The lowest BCUT2D eigenvalue weighted by atomic mass is 10.2. The fourth-order valence-electron chi connectivity index (χ4n) is 3.00. The average Bonchev–Trinajstić information content (AvgIpc) is 3.10. The molecular formula is C25H19Cl2N3O2S. The summed E-state index contributed by atoms with van der Waals surface area (Å²) in [6, 6.07) is 18.6. The second-order valence-electron chi connectivity index (χ2n) is 7.01.